The molecule has 25 heavy (non-hydrogen) atoms. The predicted molar refractivity (Wildman–Crippen MR) is 98.6 cm³/mol. The highest BCUT2D eigenvalue weighted by molar-refractivity contribution is 5.87. The first-order valence-corrected chi connectivity index (χ1v) is 8.33. The zero-order chi connectivity index (χ0) is 17.6. The first-order chi connectivity index (χ1) is 12.1. The van der Waals surface area contributed by atoms with Crippen molar-refractivity contribution in [2.24, 2.45) is 0 Å². The monoisotopic (exact) mass is 335 g/mol. The van der Waals surface area contributed by atoms with Crippen LogP contribution in [0.1, 0.15) is 34.0 Å². The molecule has 0 aromatic heterocycles. The minimum absolute atomic E-state index is 0.287. The first-order valence-electron chi connectivity index (χ1n) is 8.33. The number of hydrogen-bond donors (Lipinski definition) is 3. The molecule has 3 rings (SSSR count). The van der Waals surface area contributed by atoms with E-state index in [1.54, 1.807) is 18.2 Å². The maximum atomic E-state index is 11.0. The van der Waals surface area contributed by atoms with Crippen molar-refractivity contribution < 1.29 is 15.0 Å². The van der Waals surface area contributed by atoms with Gasteiger partial charge in [0.2, 0.25) is 0 Å². The number of aromatic carboxylic acids is 1. The Labute approximate surface area is 146 Å². The molecule has 128 valence electrons. The number of carbonyl (C=O) groups is 1. The average Bonchev–Trinajstić information content (AvgIpc) is 2.65. The van der Waals surface area contributed by atoms with E-state index in [0.29, 0.717) is 19.5 Å². The van der Waals surface area contributed by atoms with Crippen molar-refractivity contribution in [1.29, 1.82) is 0 Å². The van der Waals surface area contributed by atoms with Crippen molar-refractivity contribution in [3.05, 3.63) is 83.4 Å². The number of nitrogens with one attached hydrogen (secondary N) is 1. The predicted octanol–water partition coefficient (Wildman–Crippen LogP) is 3.75. The highest BCUT2D eigenvalue weighted by Gasteiger charge is 2.08. The molecule has 0 saturated carbocycles. The van der Waals surface area contributed by atoms with Crippen molar-refractivity contribution in [1.82, 2.24) is 5.32 Å². The summed E-state index contributed by atoms with van der Waals surface area (Å²) in [7, 11) is 0. The third kappa shape index (κ3) is 4.44. The van der Waals surface area contributed by atoms with Gasteiger partial charge in [0.25, 0.3) is 0 Å². The van der Waals surface area contributed by atoms with Crippen LogP contribution in [0.5, 0.6) is 0 Å². The van der Waals surface area contributed by atoms with E-state index in [1.165, 1.54) is 0 Å². The van der Waals surface area contributed by atoms with Crippen molar-refractivity contribution in [2.75, 3.05) is 6.54 Å². The van der Waals surface area contributed by atoms with Gasteiger partial charge in [-0.25, -0.2) is 4.79 Å². The first kappa shape index (κ1) is 17.1. The minimum atomic E-state index is -0.923. The molecule has 0 radical (unpaired) electrons. The van der Waals surface area contributed by atoms with Crippen molar-refractivity contribution >= 4 is 16.7 Å². The van der Waals surface area contributed by atoms with Crippen LogP contribution in [0.15, 0.2) is 66.7 Å². The Morgan fingerprint density at radius 1 is 0.960 bits per heavy atom. The van der Waals surface area contributed by atoms with Crippen molar-refractivity contribution in [3.63, 3.8) is 0 Å². The summed E-state index contributed by atoms with van der Waals surface area (Å²) in [5.41, 5.74) is 2.11. The summed E-state index contributed by atoms with van der Waals surface area (Å²) in [5.74, 6) is -0.923. The maximum absolute atomic E-state index is 11.0. The fourth-order valence-electron chi connectivity index (χ4n) is 2.87. The average molecular weight is 335 g/mol. The number of benzene rings is 3. The molecule has 3 aromatic rings. The molecule has 3 N–H and O–H groups in total. The molecule has 4 nitrogen and oxygen atoms in total. The molecule has 0 saturated heterocycles. The van der Waals surface area contributed by atoms with Crippen molar-refractivity contribution in [2.45, 2.75) is 19.1 Å². The van der Waals surface area contributed by atoms with E-state index in [9.17, 15) is 9.90 Å². The fraction of sp³-hybridized carbons (Fsp3) is 0.190. The van der Waals surface area contributed by atoms with Gasteiger partial charge in [-0.1, -0.05) is 48.5 Å². The highest BCUT2D eigenvalue weighted by Crippen LogP contribution is 2.22. The summed E-state index contributed by atoms with van der Waals surface area (Å²) in [6.45, 7) is 1.22. The van der Waals surface area contributed by atoms with Gasteiger partial charge in [-0.3, -0.25) is 0 Å². The van der Waals surface area contributed by atoms with Crippen molar-refractivity contribution in [3.8, 4) is 0 Å². The minimum Gasteiger partial charge on any atom is -0.478 e. The van der Waals surface area contributed by atoms with E-state index in [-0.39, 0.29) is 5.56 Å². The summed E-state index contributed by atoms with van der Waals surface area (Å²) >= 11 is 0. The molecule has 4 heteroatoms. The number of aliphatic hydroxyl groups excluding tert-OH is 1. The lowest BCUT2D eigenvalue weighted by Crippen LogP contribution is -2.17. The number of aliphatic hydroxyl groups is 1. The van der Waals surface area contributed by atoms with E-state index in [0.717, 1.165) is 21.9 Å². The molecule has 0 fully saturated rings. The largest absolute Gasteiger partial charge is 0.478 e. The number of carboxylic acid groups (broad SMARTS) is 1. The number of fused-ring (bicyclic) bond motifs is 1. The molecule has 0 aliphatic carbocycles. The van der Waals surface area contributed by atoms with Crippen LogP contribution in [-0.2, 0) is 6.54 Å². The molecule has 1 atom stereocenters. The Morgan fingerprint density at radius 3 is 2.56 bits per heavy atom. The second kappa shape index (κ2) is 7.92. The molecule has 1 unspecified atom stereocenters. The van der Waals surface area contributed by atoms with Crippen LogP contribution in [0.2, 0.25) is 0 Å². The number of carboxylic acids is 1. The third-order valence-electron chi connectivity index (χ3n) is 4.26. The maximum Gasteiger partial charge on any atom is 0.335 e. The van der Waals surface area contributed by atoms with Crippen LogP contribution in [-0.4, -0.2) is 22.7 Å². The van der Waals surface area contributed by atoms with Gasteiger partial charge in [0.15, 0.2) is 0 Å². The SMILES string of the molecule is O=C(O)c1cccc(CNCCC(O)c2ccc3ccccc3c2)c1. The summed E-state index contributed by atoms with van der Waals surface area (Å²) in [4.78, 5) is 11.0. The van der Waals surface area contributed by atoms with Crippen LogP contribution < -0.4 is 5.32 Å². The van der Waals surface area contributed by atoms with Crippen LogP contribution >= 0.6 is 0 Å². The Balaban J connectivity index is 1.52. The van der Waals surface area contributed by atoms with Gasteiger partial charge < -0.3 is 15.5 Å². The van der Waals surface area contributed by atoms with E-state index in [2.05, 4.69) is 11.4 Å². The lowest BCUT2D eigenvalue weighted by molar-refractivity contribution is 0.0696. The quantitative estimate of drug-likeness (QED) is 0.575. The Hall–Kier alpha value is -2.69. The zero-order valence-corrected chi connectivity index (χ0v) is 13.9. The lowest BCUT2D eigenvalue weighted by atomic mass is 10.0. The summed E-state index contributed by atoms with van der Waals surface area (Å²) < 4.78 is 0. The number of rotatable bonds is 7. The molecule has 0 heterocycles. The smallest absolute Gasteiger partial charge is 0.335 e. The van der Waals surface area contributed by atoms with Crippen LogP contribution in [0, 0.1) is 0 Å². The standard InChI is InChI=1S/C21H21NO3/c23-20(18-9-8-16-5-1-2-6-17(16)13-18)10-11-22-14-15-4-3-7-19(12-15)21(24)25/h1-9,12-13,20,22-23H,10-11,14H2,(H,24,25). The molecule has 0 spiro atoms. The van der Waals surface area contributed by atoms with E-state index < -0.39 is 12.1 Å². The molecule has 0 bridgehead atoms. The van der Waals surface area contributed by atoms with E-state index in [1.807, 2.05) is 42.5 Å². The molecular formula is C21H21NO3. The third-order valence-corrected chi connectivity index (χ3v) is 4.26. The Morgan fingerprint density at radius 2 is 1.76 bits per heavy atom. The van der Waals surface area contributed by atoms with Crippen LogP contribution in [0.3, 0.4) is 0 Å². The Kier molecular flexibility index (Phi) is 5.43. The highest BCUT2D eigenvalue weighted by atomic mass is 16.4. The van der Waals surface area contributed by atoms with Gasteiger partial charge in [0.1, 0.15) is 0 Å². The van der Waals surface area contributed by atoms with E-state index >= 15 is 0 Å². The topological polar surface area (TPSA) is 69.6 Å². The fourth-order valence-corrected chi connectivity index (χ4v) is 2.87. The molecule has 3 aromatic carbocycles. The van der Waals surface area contributed by atoms with Gasteiger partial charge in [0.05, 0.1) is 11.7 Å². The molecular weight excluding hydrogens is 314 g/mol. The second-order valence-electron chi connectivity index (χ2n) is 6.09. The van der Waals surface area contributed by atoms with Crippen LogP contribution in [0.4, 0.5) is 0 Å². The summed E-state index contributed by atoms with van der Waals surface area (Å²) in [5, 5.41) is 24.9. The van der Waals surface area contributed by atoms with Gasteiger partial charge in [0, 0.05) is 6.54 Å². The van der Waals surface area contributed by atoms with Gasteiger partial charge in [-0.2, -0.15) is 0 Å². The summed E-state index contributed by atoms with van der Waals surface area (Å²) in [6.07, 6.45) is 0.0687. The normalized spacial score (nSPS) is 12.2. The van der Waals surface area contributed by atoms with Gasteiger partial charge >= 0.3 is 5.97 Å². The van der Waals surface area contributed by atoms with E-state index in [4.69, 9.17) is 5.11 Å². The number of hydrogen-bond acceptors (Lipinski definition) is 3. The molecule has 0 aliphatic heterocycles. The zero-order valence-electron chi connectivity index (χ0n) is 13.9. The second-order valence-corrected chi connectivity index (χ2v) is 6.09. The molecule has 0 amide bonds. The lowest BCUT2D eigenvalue weighted by Gasteiger charge is -2.13. The summed E-state index contributed by atoms with van der Waals surface area (Å²) in [6, 6.07) is 21.0. The van der Waals surface area contributed by atoms with Gasteiger partial charge in [-0.05, 0) is 53.1 Å². The Bertz CT molecular complexity index is 876. The van der Waals surface area contributed by atoms with Gasteiger partial charge in [-0.15, -0.1) is 0 Å². The molecule has 0 aliphatic rings. The van der Waals surface area contributed by atoms with Crippen LogP contribution in [0.25, 0.3) is 10.8 Å².